The normalized spacial score (nSPS) is 9.50. The van der Waals surface area contributed by atoms with E-state index >= 15 is 0 Å². The van der Waals surface area contributed by atoms with Gasteiger partial charge in [-0.05, 0) is 17.7 Å². The fraction of sp³-hybridized carbons (Fsp3) is 0.125. The molecule has 0 aliphatic rings. The van der Waals surface area contributed by atoms with Crippen molar-refractivity contribution < 1.29 is 4.39 Å². The molecule has 0 amide bonds. The van der Waals surface area contributed by atoms with E-state index < -0.39 is 5.82 Å². The molecule has 0 saturated heterocycles. The lowest BCUT2D eigenvalue weighted by atomic mass is 10.1. The van der Waals surface area contributed by atoms with E-state index in [1.807, 2.05) is 6.07 Å². The van der Waals surface area contributed by atoms with Gasteiger partial charge in [0, 0.05) is 9.80 Å². The number of hydrogen-bond donors (Lipinski definition) is 0. The molecule has 0 aliphatic carbocycles. The molecule has 0 spiro atoms. The van der Waals surface area contributed by atoms with E-state index in [0.29, 0.717) is 10.9 Å². The Morgan fingerprint density at radius 2 is 2.17 bits per heavy atom. The maximum absolute atomic E-state index is 13.0. The summed E-state index contributed by atoms with van der Waals surface area (Å²) in [7, 11) is 0. The van der Waals surface area contributed by atoms with Crippen LogP contribution in [0.25, 0.3) is 0 Å². The Morgan fingerprint density at radius 1 is 1.50 bits per heavy atom. The van der Waals surface area contributed by atoms with Gasteiger partial charge >= 0.3 is 0 Å². The molecule has 0 bridgehead atoms. The van der Waals surface area contributed by atoms with Gasteiger partial charge in [-0.2, -0.15) is 5.26 Å². The van der Waals surface area contributed by atoms with Crippen molar-refractivity contribution in [2.45, 2.75) is 5.33 Å². The van der Waals surface area contributed by atoms with Crippen LogP contribution in [0.1, 0.15) is 11.1 Å². The van der Waals surface area contributed by atoms with Crippen molar-refractivity contribution >= 4 is 31.9 Å². The van der Waals surface area contributed by atoms with Gasteiger partial charge in [0.2, 0.25) is 0 Å². The van der Waals surface area contributed by atoms with Crippen LogP contribution in [0.5, 0.6) is 0 Å². The fourth-order valence-corrected chi connectivity index (χ4v) is 2.27. The summed E-state index contributed by atoms with van der Waals surface area (Å²) in [6.45, 7) is 0. The van der Waals surface area contributed by atoms with E-state index in [1.54, 1.807) is 6.07 Å². The molecule has 0 aromatic heterocycles. The second-order valence-corrected chi connectivity index (χ2v) is 3.54. The summed E-state index contributed by atoms with van der Waals surface area (Å²) in [6.07, 6.45) is 0. The topological polar surface area (TPSA) is 23.8 Å². The van der Waals surface area contributed by atoms with Crippen LogP contribution in [0.4, 0.5) is 4.39 Å². The minimum absolute atomic E-state index is 0.0984. The summed E-state index contributed by atoms with van der Waals surface area (Å²) >= 11 is 6.42. The molecule has 0 unspecified atom stereocenters. The average molecular weight is 293 g/mol. The third-order valence-electron chi connectivity index (χ3n) is 1.45. The minimum Gasteiger partial charge on any atom is -0.206 e. The van der Waals surface area contributed by atoms with Gasteiger partial charge in [-0.3, -0.25) is 0 Å². The standard InChI is InChI=1S/C8H4Br2FN/c9-3-5-6(4-12)8(11)2-1-7(5)10/h1-2H,3H2. The van der Waals surface area contributed by atoms with Gasteiger partial charge < -0.3 is 0 Å². The SMILES string of the molecule is N#Cc1c(F)ccc(Br)c1CBr. The van der Waals surface area contributed by atoms with Crippen LogP contribution in [0.3, 0.4) is 0 Å². The van der Waals surface area contributed by atoms with E-state index in [-0.39, 0.29) is 5.56 Å². The third-order valence-corrected chi connectivity index (χ3v) is 2.75. The molecule has 1 nitrogen and oxygen atoms in total. The molecule has 0 fully saturated rings. The Labute approximate surface area is 86.5 Å². The minimum atomic E-state index is -0.477. The van der Waals surface area contributed by atoms with Crippen LogP contribution in [0.2, 0.25) is 0 Å². The molecule has 0 heterocycles. The maximum Gasteiger partial charge on any atom is 0.141 e. The molecule has 0 N–H and O–H groups in total. The molecule has 0 radical (unpaired) electrons. The van der Waals surface area contributed by atoms with E-state index in [0.717, 1.165) is 4.47 Å². The van der Waals surface area contributed by atoms with Gasteiger partial charge in [-0.1, -0.05) is 31.9 Å². The summed E-state index contributed by atoms with van der Waals surface area (Å²) in [5.41, 5.74) is 0.749. The third kappa shape index (κ3) is 1.67. The highest BCUT2D eigenvalue weighted by Gasteiger charge is 2.09. The second kappa shape index (κ2) is 4.01. The molecule has 0 aliphatic heterocycles. The highest BCUT2D eigenvalue weighted by Crippen LogP contribution is 2.24. The van der Waals surface area contributed by atoms with E-state index in [9.17, 15) is 4.39 Å². The smallest absolute Gasteiger partial charge is 0.141 e. The predicted octanol–water partition coefficient (Wildman–Crippen LogP) is 3.35. The van der Waals surface area contributed by atoms with Gasteiger partial charge in [0.1, 0.15) is 11.9 Å². The zero-order valence-electron chi connectivity index (χ0n) is 5.94. The van der Waals surface area contributed by atoms with E-state index in [2.05, 4.69) is 31.9 Å². The molecular weight excluding hydrogens is 289 g/mol. The Hall–Kier alpha value is -0.400. The molecular formula is C8H4Br2FN. The monoisotopic (exact) mass is 291 g/mol. The molecule has 0 saturated carbocycles. The average Bonchev–Trinajstić information content (AvgIpc) is 2.08. The molecule has 62 valence electrons. The van der Waals surface area contributed by atoms with Gasteiger partial charge in [-0.15, -0.1) is 0 Å². The van der Waals surface area contributed by atoms with Crippen molar-refractivity contribution in [3.63, 3.8) is 0 Å². The summed E-state index contributed by atoms with van der Waals surface area (Å²) in [5.74, 6) is -0.477. The van der Waals surface area contributed by atoms with Crippen LogP contribution >= 0.6 is 31.9 Å². The lowest BCUT2D eigenvalue weighted by Crippen LogP contribution is -1.92. The first-order valence-electron chi connectivity index (χ1n) is 3.13. The first kappa shape index (κ1) is 9.69. The largest absolute Gasteiger partial charge is 0.206 e. The quantitative estimate of drug-likeness (QED) is 0.728. The number of hydrogen-bond acceptors (Lipinski definition) is 1. The highest BCUT2D eigenvalue weighted by molar-refractivity contribution is 9.10. The van der Waals surface area contributed by atoms with Crippen molar-refractivity contribution in [1.29, 1.82) is 5.26 Å². The zero-order valence-corrected chi connectivity index (χ0v) is 9.11. The van der Waals surface area contributed by atoms with E-state index in [1.165, 1.54) is 6.07 Å². The van der Waals surface area contributed by atoms with Crippen molar-refractivity contribution in [2.24, 2.45) is 0 Å². The summed E-state index contributed by atoms with van der Waals surface area (Å²) < 4.78 is 13.7. The molecule has 12 heavy (non-hydrogen) atoms. The fourth-order valence-electron chi connectivity index (χ4n) is 0.845. The lowest BCUT2D eigenvalue weighted by Gasteiger charge is -2.02. The summed E-state index contributed by atoms with van der Waals surface area (Å²) in [6, 6.07) is 4.68. The number of nitrogens with zero attached hydrogens (tertiary/aromatic N) is 1. The van der Waals surface area contributed by atoms with Crippen molar-refractivity contribution in [3.05, 3.63) is 33.5 Å². The van der Waals surface area contributed by atoms with Gasteiger partial charge in [0.25, 0.3) is 0 Å². The number of nitriles is 1. The zero-order chi connectivity index (χ0) is 9.14. The Morgan fingerprint density at radius 3 is 2.58 bits per heavy atom. The lowest BCUT2D eigenvalue weighted by molar-refractivity contribution is 0.622. The summed E-state index contributed by atoms with van der Waals surface area (Å²) in [4.78, 5) is 0. The first-order chi connectivity index (χ1) is 5.70. The first-order valence-corrected chi connectivity index (χ1v) is 5.05. The van der Waals surface area contributed by atoms with Crippen LogP contribution < -0.4 is 0 Å². The Bertz CT molecular complexity index is 344. The van der Waals surface area contributed by atoms with Gasteiger partial charge in [-0.25, -0.2) is 4.39 Å². The Balaban J connectivity index is 3.41. The highest BCUT2D eigenvalue weighted by atomic mass is 79.9. The Kier molecular flexibility index (Phi) is 3.24. The van der Waals surface area contributed by atoms with Crippen LogP contribution in [0, 0.1) is 17.1 Å². The number of rotatable bonds is 1. The number of alkyl halides is 1. The molecule has 0 atom stereocenters. The summed E-state index contributed by atoms with van der Waals surface area (Å²) in [5, 5.41) is 9.09. The van der Waals surface area contributed by atoms with Crippen LogP contribution in [0.15, 0.2) is 16.6 Å². The maximum atomic E-state index is 13.0. The van der Waals surface area contributed by atoms with E-state index in [4.69, 9.17) is 5.26 Å². The molecule has 1 aromatic carbocycles. The molecule has 4 heteroatoms. The van der Waals surface area contributed by atoms with Crippen molar-refractivity contribution in [1.82, 2.24) is 0 Å². The van der Waals surface area contributed by atoms with Crippen molar-refractivity contribution in [2.75, 3.05) is 0 Å². The van der Waals surface area contributed by atoms with Crippen LogP contribution in [-0.2, 0) is 5.33 Å². The second-order valence-electron chi connectivity index (χ2n) is 2.13. The van der Waals surface area contributed by atoms with Crippen molar-refractivity contribution in [3.8, 4) is 6.07 Å². The predicted molar refractivity (Wildman–Crippen MR) is 51.4 cm³/mol. The molecule has 1 rings (SSSR count). The van der Waals surface area contributed by atoms with Gasteiger partial charge in [0.15, 0.2) is 0 Å². The molecule has 1 aromatic rings. The number of benzene rings is 1. The number of halogens is 3. The van der Waals surface area contributed by atoms with Crippen LogP contribution in [-0.4, -0.2) is 0 Å². The van der Waals surface area contributed by atoms with Gasteiger partial charge in [0.05, 0.1) is 5.56 Å².